The van der Waals surface area contributed by atoms with Crippen molar-refractivity contribution < 1.29 is 23.0 Å². The van der Waals surface area contributed by atoms with Crippen LogP contribution in [0.25, 0.3) is 5.69 Å². The van der Waals surface area contributed by atoms with Crippen LogP contribution < -0.4 is 20.5 Å². The molecule has 11 heteroatoms. The van der Waals surface area contributed by atoms with Gasteiger partial charge in [-0.15, -0.1) is 0 Å². The molecule has 190 valence electrons. The average Bonchev–Trinajstić information content (AvgIpc) is 3.56. The molecule has 35 heavy (non-hydrogen) atoms. The number of piperazine rings is 1. The third-order valence-corrected chi connectivity index (χ3v) is 6.25. The van der Waals surface area contributed by atoms with E-state index in [4.69, 9.17) is 9.47 Å². The highest BCUT2D eigenvalue weighted by Gasteiger charge is 2.45. The van der Waals surface area contributed by atoms with Gasteiger partial charge in [0.2, 0.25) is 5.75 Å². The van der Waals surface area contributed by atoms with Crippen molar-refractivity contribution in [2.24, 2.45) is 5.41 Å². The number of hydrogen-bond acceptors (Lipinski definition) is 7. The highest BCUT2D eigenvalue weighted by atomic mass is 19.1. The Labute approximate surface area is 202 Å². The lowest BCUT2D eigenvalue weighted by Crippen LogP contribution is -2.45. The van der Waals surface area contributed by atoms with Crippen molar-refractivity contribution in [3.8, 4) is 11.4 Å². The molecule has 2 aliphatic rings. The van der Waals surface area contributed by atoms with E-state index in [0.29, 0.717) is 18.8 Å². The zero-order valence-corrected chi connectivity index (χ0v) is 20.2. The van der Waals surface area contributed by atoms with Crippen LogP contribution in [0.1, 0.15) is 26.7 Å². The quantitative estimate of drug-likeness (QED) is 0.607. The lowest BCUT2D eigenvalue weighted by Gasteiger charge is -2.34. The minimum Gasteiger partial charge on any atom is -0.485 e. The summed E-state index contributed by atoms with van der Waals surface area (Å²) < 4.78 is 40.0. The van der Waals surface area contributed by atoms with E-state index in [9.17, 15) is 18.4 Å². The Hall–Kier alpha value is -3.21. The Morgan fingerprint density at radius 1 is 1.11 bits per heavy atom. The Morgan fingerprint density at radius 2 is 1.77 bits per heavy atom. The summed E-state index contributed by atoms with van der Waals surface area (Å²) in [6.45, 7) is 6.99. The van der Waals surface area contributed by atoms with Gasteiger partial charge in [0.05, 0.1) is 18.5 Å². The van der Waals surface area contributed by atoms with Gasteiger partial charge in [0.1, 0.15) is 23.9 Å². The molecule has 9 nitrogen and oxygen atoms in total. The number of amides is 1. The van der Waals surface area contributed by atoms with E-state index in [-0.39, 0.29) is 36.1 Å². The number of anilines is 1. The molecule has 1 aliphatic carbocycles. The lowest BCUT2D eigenvalue weighted by atomic mass is 10.1. The number of rotatable bonds is 8. The number of alkyl carbamates (subject to hydrolysis) is 1. The first-order chi connectivity index (χ1) is 16.7. The predicted molar refractivity (Wildman–Crippen MR) is 126 cm³/mol. The summed E-state index contributed by atoms with van der Waals surface area (Å²) in [5.41, 5.74) is -0.484. The summed E-state index contributed by atoms with van der Waals surface area (Å²) in [7, 11) is 2.02. The second-order valence-electron chi connectivity index (χ2n) is 9.66. The summed E-state index contributed by atoms with van der Waals surface area (Å²) in [6.07, 6.45) is 2.58. The molecule has 0 bridgehead atoms. The van der Waals surface area contributed by atoms with Crippen LogP contribution in [0.15, 0.2) is 29.2 Å². The molecule has 0 radical (unpaired) electrons. The standard InChI is InChI=1S/C24H31F2N5O4/c1-16(2)28-23(33)35-15-24(4-5-24)14-34-21-20(30-8-6-29(3)7-9-30)13-27-31(22(21)32)19-11-17(25)10-18(26)12-19/h10-13,16H,4-9,14-15H2,1-3H3,(H,28,33). The number of ether oxygens (including phenoxy) is 2. The highest BCUT2D eigenvalue weighted by molar-refractivity contribution is 5.67. The number of aromatic nitrogens is 2. The van der Waals surface area contributed by atoms with E-state index in [1.165, 1.54) is 6.20 Å². The van der Waals surface area contributed by atoms with Gasteiger partial charge in [-0.2, -0.15) is 9.78 Å². The second kappa shape index (κ2) is 10.2. The van der Waals surface area contributed by atoms with Crippen LogP contribution in [0.2, 0.25) is 0 Å². The molecule has 2 aromatic rings. The first-order valence-corrected chi connectivity index (χ1v) is 11.7. The molecule has 1 amide bonds. The van der Waals surface area contributed by atoms with Crippen LogP contribution in [-0.2, 0) is 4.74 Å². The van der Waals surface area contributed by atoms with Crippen molar-refractivity contribution in [3.05, 3.63) is 46.4 Å². The third-order valence-electron chi connectivity index (χ3n) is 6.25. The largest absolute Gasteiger partial charge is 0.485 e. The first-order valence-electron chi connectivity index (χ1n) is 11.7. The number of carbonyl (C=O) groups is 1. The number of benzene rings is 1. The van der Waals surface area contributed by atoms with E-state index >= 15 is 0 Å². The summed E-state index contributed by atoms with van der Waals surface area (Å²) in [6, 6.07) is 2.78. The van der Waals surface area contributed by atoms with Gasteiger partial charge >= 0.3 is 11.7 Å². The molecule has 0 spiro atoms. The van der Waals surface area contributed by atoms with Gasteiger partial charge in [-0.05, 0) is 45.9 Å². The fourth-order valence-corrected chi connectivity index (χ4v) is 3.91. The summed E-state index contributed by atoms with van der Waals surface area (Å²) in [4.78, 5) is 29.5. The van der Waals surface area contributed by atoms with E-state index in [1.54, 1.807) is 0 Å². The minimum atomic E-state index is -0.812. The topological polar surface area (TPSA) is 88.9 Å². The fraction of sp³-hybridized carbons (Fsp3) is 0.542. The lowest BCUT2D eigenvalue weighted by molar-refractivity contribution is 0.0973. The Kier molecular flexibility index (Phi) is 7.25. The summed E-state index contributed by atoms with van der Waals surface area (Å²) in [5, 5.41) is 6.87. The van der Waals surface area contributed by atoms with Crippen LogP contribution in [0.3, 0.4) is 0 Å². The summed E-state index contributed by atoms with van der Waals surface area (Å²) in [5.74, 6) is -1.56. The van der Waals surface area contributed by atoms with Crippen LogP contribution in [0.5, 0.6) is 5.75 Å². The zero-order valence-electron chi connectivity index (χ0n) is 20.2. The van der Waals surface area contributed by atoms with Gasteiger partial charge in [0, 0.05) is 43.7 Å². The molecule has 1 N–H and O–H groups in total. The van der Waals surface area contributed by atoms with Gasteiger partial charge in [-0.1, -0.05) is 0 Å². The molecular formula is C24H31F2N5O4. The maximum absolute atomic E-state index is 13.8. The van der Waals surface area contributed by atoms with Crippen LogP contribution in [0.4, 0.5) is 19.3 Å². The first kappa shape index (κ1) is 24.9. The van der Waals surface area contributed by atoms with Crippen molar-refractivity contribution in [1.29, 1.82) is 0 Å². The maximum Gasteiger partial charge on any atom is 0.407 e. The molecule has 1 saturated carbocycles. The van der Waals surface area contributed by atoms with Crippen molar-refractivity contribution in [1.82, 2.24) is 20.0 Å². The molecule has 0 unspecified atom stereocenters. The van der Waals surface area contributed by atoms with Crippen LogP contribution >= 0.6 is 0 Å². The molecular weight excluding hydrogens is 460 g/mol. The summed E-state index contributed by atoms with van der Waals surface area (Å²) >= 11 is 0. The van der Waals surface area contributed by atoms with Gasteiger partial charge in [-0.25, -0.2) is 13.6 Å². The number of hydrogen-bond donors (Lipinski definition) is 1. The van der Waals surface area contributed by atoms with Crippen molar-refractivity contribution in [2.45, 2.75) is 32.7 Å². The van der Waals surface area contributed by atoms with E-state index in [1.807, 2.05) is 25.8 Å². The van der Waals surface area contributed by atoms with Crippen molar-refractivity contribution in [3.63, 3.8) is 0 Å². The van der Waals surface area contributed by atoms with Crippen molar-refractivity contribution in [2.75, 3.05) is 51.3 Å². The number of halogens is 2. The smallest absolute Gasteiger partial charge is 0.407 e. The van der Waals surface area contributed by atoms with Gasteiger partial charge < -0.3 is 24.6 Å². The molecule has 0 atom stereocenters. The molecule has 1 aliphatic heterocycles. The Balaban J connectivity index is 1.59. The Bertz CT molecular complexity index is 1110. The average molecular weight is 492 g/mol. The monoisotopic (exact) mass is 491 g/mol. The highest BCUT2D eigenvalue weighted by Crippen LogP contribution is 2.46. The third kappa shape index (κ3) is 6.08. The molecule has 2 fully saturated rings. The normalized spacial score (nSPS) is 17.4. The minimum absolute atomic E-state index is 0.0305. The second-order valence-corrected chi connectivity index (χ2v) is 9.66. The molecule has 1 saturated heterocycles. The number of nitrogens with one attached hydrogen (secondary N) is 1. The molecule has 4 rings (SSSR count). The van der Waals surface area contributed by atoms with E-state index in [2.05, 4.69) is 15.3 Å². The van der Waals surface area contributed by atoms with E-state index in [0.717, 1.165) is 48.8 Å². The van der Waals surface area contributed by atoms with Crippen molar-refractivity contribution >= 4 is 11.8 Å². The maximum atomic E-state index is 13.8. The van der Waals surface area contributed by atoms with E-state index < -0.39 is 23.3 Å². The number of nitrogens with zero attached hydrogens (tertiary/aromatic N) is 4. The molecule has 1 aromatic carbocycles. The number of likely N-dealkylation sites (N-methyl/N-ethyl adjacent to an activating group) is 1. The Morgan fingerprint density at radius 3 is 2.37 bits per heavy atom. The van der Waals surface area contributed by atoms with Gasteiger partial charge in [0.25, 0.3) is 0 Å². The van der Waals surface area contributed by atoms with Crippen LogP contribution in [0, 0.1) is 17.0 Å². The van der Waals surface area contributed by atoms with Crippen LogP contribution in [-0.4, -0.2) is 73.3 Å². The predicted octanol–water partition coefficient (Wildman–Crippen LogP) is 2.56. The number of carbonyl (C=O) groups excluding carboxylic acids is 1. The molecule has 1 aromatic heterocycles. The van der Waals surface area contributed by atoms with Gasteiger partial charge in [0.15, 0.2) is 0 Å². The SMILES string of the molecule is CC(C)NC(=O)OCC1(COc2c(N3CCN(C)CC3)cnn(-c3cc(F)cc(F)c3)c2=O)CC1. The zero-order chi connectivity index (χ0) is 25.2. The molecule has 2 heterocycles. The van der Waals surface area contributed by atoms with Gasteiger partial charge in [-0.3, -0.25) is 4.79 Å². The fourth-order valence-electron chi connectivity index (χ4n) is 3.91.